The second-order valence-corrected chi connectivity index (χ2v) is 8.59. The third-order valence-corrected chi connectivity index (χ3v) is 6.16. The number of likely N-dealkylation sites (tertiary alicyclic amines) is 1. The molecule has 1 saturated heterocycles. The molecule has 2 aromatic carbocycles. The zero-order valence-corrected chi connectivity index (χ0v) is 17.8. The molecule has 29 heavy (non-hydrogen) atoms. The van der Waals surface area contributed by atoms with Crippen LogP contribution in [0.25, 0.3) is 0 Å². The maximum absolute atomic E-state index is 13.0. The van der Waals surface area contributed by atoms with Crippen molar-refractivity contribution < 1.29 is 14.3 Å². The Labute approximate surface area is 176 Å². The number of carbonyl (C=O) groups is 2. The number of amides is 2. The molecule has 3 rings (SSSR count). The van der Waals surface area contributed by atoms with E-state index in [4.69, 9.17) is 4.74 Å². The Kier molecular flexibility index (Phi) is 7.58. The lowest BCUT2D eigenvalue weighted by molar-refractivity contribution is -0.115. The van der Waals surface area contributed by atoms with E-state index in [-0.39, 0.29) is 17.1 Å². The maximum Gasteiger partial charge on any atom is 0.255 e. The van der Waals surface area contributed by atoms with E-state index in [1.807, 2.05) is 48.2 Å². The molecule has 0 aliphatic carbocycles. The van der Waals surface area contributed by atoms with Crippen molar-refractivity contribution in [2.24, 2.45) is 0 Å². The van der Waals surface area contributed by atoms with Gasteiger partial charge >= 0.3 is 0 Å². The molecule has 0 bridgehead atoms. The molecule has 1 N–H and O–H groups in total. The van der Waals surface area contributed by atoms with Gasteiger partial charge in [0.1, 0.15) is 5.75 Å². The standard InChI is InChI=1S/C23H28N2O3S/c1-17(29-19-13-11-18(28-2)12-14-19)22(26)24-21-10-6-5-9-20(21)23(27)25-15-7-3-4-8-16-25/h5-6,9-14,17H,3-4,7-8,15-16H2,1-2H3,(H,24,26)/t17-/m1/s1. The topological polar surface area (TPSA) is 58.6 Å². The molecule has 6 heteroatoms. The van der Waals surface area contributed by atoms with Gasteiger partial charge in [0.15, 0.2) is 0 Å². The summed E-state index contributed by atoms with van der Waals surface area (Å²) in [5.74, 6) is 0.660. The summed E-state index contributed by atoms with van der Waals surface area (Å²) in [7, 11) is 1.63. The Morgan fingerprint density at radius 3 is 2.31 bits per heavy atom. The van der Waals surface area contributed by atoms with Gasteiger partial charge in [-0.05, 0) is 56.2 Å². The van der Waals surface area contributed by atoms with Crippen molar-refractivity contribution >= 4 is 29.3 Å². The van der Waals surface area contributed by atoms with Crippen LogP contribution in [-0.2, 0) is 4.79 Å². The molecule has 1 aliphatic rings. The zero-order valence-electron chi connectivity index (χ0n) is 17.0. The summed E-state index contributed by atoms with van der Waals surface area (Å²) in [4.78, 5) is 28.7. The lowest BCUT2D eigenvalue weighted by Crippen LogP contribution is -2.33. The molecule has 154 valence electrons. The van der Waals surface area contributed by atoms with Gasteiger partial charge in [0.2, 0.25) is 5.91 Å². The van der Waals surface area contributed by atoms with Crippen LogP contribution in [0.3, 0.4) is 0 Å². The summed E-state index contributed by atoms with van der Waals surface area (Å²) in [5.41, 5.74) is 1.14. The van der Waals surface area contributed by atoms with Crippen molar-refractivity contribution in [1.29, 1.82) is 0 Å². The van der Waals surface area contributed by atoms with Gasteiger partial charge in [-0.1, -0.05) is 25.0 Å². The predicted octanol–water partition coefficient (Wildman–Crippen LogP) is 4.83. The number of hydrogen-bond acceptors (Lipinski definition) is 4. The van der Waals surface area contributed by atoms with Crippen LogP contribution < -0.4 is 10.1 Å². The Morgan fingerprint density at radius 2 is 1.66 bits per heavy atom. The molecular formula is C23H28N2O3S. The molecule has 2 aromatic rings. The summed E-state index contributed by atoms with van der Waals surface area (Å²) in [6.45, 7) is 3.43. The molecule has 5 nitrogen and oxygen atoms in total. The first-order valence-corrected chi connectivity index (χ1v) is 11.0. The Bertz CT molecular complexity index is 830. The average molecular weight is 413 g/mol. The maximum atomic E-state index is 13.0. The normalized spacial score (nSPS) is 15.3. The van der Waals surface area contributed by atoms with Gasteiger partial charge < -0.3 is 15.0 Å². The quantitative estimate of drug-likeness (QED) is 0.691. The third-order valence-electron chi connectivity index (χ3n) is 5.05. The monoisotopic (exact) mass is 412 g/mol. The van der Waals surface area contributed by atoms with Crippen LogP contribution in [0.15, 0.2) is 53.4 Å². The first kappa shape index (κ1) is 21.2. The van der Waals surface area contributed by atoms with Gasteiger partial charge in [0.05, 0.1) is 23.6 Å². The fraction of sp³-hybridized carbons (Fsp3) is 0.391. The van der Waals surface area contributed by atoms with Gasteiger partial charge in [0, 0.05) is 18.0 Å². The molecule has 0 saturated carbocycles. The number of anilines is 1. The highest BCUT2D eigenvalue weighted by Crippen LogP contribution is 2.27. The van der Waals surface area contributed by atoms with Crippen LogP contribution in [-0.4, -0.2) is 42.2 Å². The number of benzene rings is 2. The molecule has 0 aromatic heterocycles. The summed E-state index contributed by atoms with van der Waals surface area (Å²) < 4.78 is 5.17. The minimum absolute atomic E-state index is 0.00161. The summed E-state index contributed by atoms with van der Waals surface area (Å²) in [6, 6.07) is 14.9. The van der Waals surface area contributed by atoms with Crippen molar-refractivity contribution in [1.82, 2.24) is 4.90 Å². The third kappa shape index (κ3) is 5.76. The Hall–Kier alpha value is -2.47. The minimum Gasteiger partial charge on any atom is -0.497 e. The number of carbonyl (C=O) groups excluding carboxylic acids is 2. The molecule has 2 amide bonds. The van der Waals surface area contributed by atoms with E-state index in [1.54, 1.807) is 19.2 Å². The molecule has 0 spiro atoms. The van der Waals surface area contributed by atoms with Gasteiger partial charge in [-0.25, -0.2) is 0 Å². The lowest BCUT2D eigenvalue weighted by atomic mass is 10.1. The number of methoxy groups -OCH3 is 1. The van der Waals surface area contributed by atoms with Gasteiger partial charge in [-0.3, -0.25) is 9.59 Å². The smallest absolute Gasteiger partial charge is 0.255 e. The van der Waals surface area contributed by atoms with Crippen molar-refractivity contribution in [3.05, 3.63) is 54.1 Å². The summed E-state index contributed by atoms with van der Waals surface area (Å²) >= 11 is 1.47. The number of para-hydroxylation sites is 1. The molecule has 0 unspecified atom stereocenters. The van der Waals surface area contributed by atoms with Crippen molar-refractivity contribution in [2.75, 3.05) is 25.5 Å². The fourth-order valence-corrected chi connectivity index (χ4v) is 4.24. The highest BCUT2D eigenvalue weighted by molar-refractivity contribution is 8.00. The Balaban J connectivity index is 1.67. The number of ether oxygens (including phenoxy) is 1. The van der Waals surface area contributed by atoms with E-state index in [1.165, 1.54) is 24.6 Å². The molecule has 0 radical (unpaired) electrons. The SMILES string of the molecule is COc1ccc(S[C@H](C)C(=O)Nc2ccccc2C(=O)N2CCCCCC2)cc1. The van der Waals surface area contributed by atoms with Crippen LogP contribution in [0.2, 0.25) is 0 Å². The van der Waals surface area contributed by atoms with E-state index in [2.05, 4.69) is 5.32 Å². The van der Waals surface area contributed by atoms with Crippen LogP contribution >= 0.6 is 11.8 Å². The van der Waals surface area contributed by atoms with E-state index >= 15 is 0 Å². The van der Waals surface area contributed by atoms with Crippen molar-refractivity contribution in [2.45, 2.75) is 42.8 Å². The van der Waals surface area contributed by atoms with E-state index in [9.17, 15) is 9.59 Å². The summed E-state index contributed by atoms with van der Waals surface area (Å²) in [5, 5.41) is 2.66. The molecule has 1 aliphatic heterocycles. The zero-order chi connectivity index (χ0) is 20.6. The van der Waals surface area contributed by atoms with Crippen LogP contribution in [0.5, 0.6) is 5.75 Å². The first-order chi connectivity index (χ1) is 14.1. The van der Waals surface area contributed by atoms with Crippen LogP contribution in [0.4, 0.5) is 5.69 Å². The minimum atomic E-state index is -0.301. The highest BCUT2D eigenvalue weighted by Gasteiger charge is 2.22. The highest BCUT2D eigenvalue weighted by atomic mass is 32.2. The number of nitrogens with zero attached hydrogens (tertiary/aromatic N) is 1. The fourth-order valence-electron chi connectivity index (χ4n) is 3.37. The number of rotatable bonds is 6. The first-order valence-electron chi connectivity index (χ1n) is 10.1. The van der Waals surface area contributed by atoms with Crippen molar-refractivity contribution in [3.63, 3.8) is 0 Å². The second-order valence-electron chi connectivity index (χ2n) is 7.18. The van der Waals surface area contributed by atoms with Gasteiger partial charge in [-0.2, -0.15) is 0 Å². The molecule has 1 fully saturated rings. The van der Waals surface area contributed by atoms with E-state index in [0.29, 0.717) is 11.3 Å². The average Bonchev–Trinajstić information content (AvgIpc) is 3.04. The van der Waals surface area contributed by atoms with Crippen LogP contribution in [0.1, 0.15) is 43.0 Å². The van der Waals surface area contributed by atoms with Gasteiger partial charge in [0.25, 0.3) is 5.91 Å². The Morgan fingerprint density at radius 1 is 1.00 bits per heavy atom. The molecule has 1 heterocycles. The number of hydrogen-bond donors (Lipinski definition) is 1. The van der Waals surface area contributed by atoms with E-state index < -0.39 is 0 Å². The number of thioether (sulfide) groups is 1. The molecular weight excluding hydrogens is 384 g/mol. The summed E-state index contributed by atoms with van der Waals surface area (Å²) in [6.07, 6.45) is 4.41. The van der Waals surface area contributed by atoms with Crippen molar-refractivity contribution in [3.8, 4) is 5.75 Å². The molecule has 1 atom stereocenters. The largest absolute Gasteiger partial charge is 0.497 e. The lowest BCUT2D eigenvalue weighted by Gasteiger charge is -2.22. The number of nitrogens with one attached hydrogen (secondary N) is 1. The van der Waals surface area contributed by atoms with Crippen LogP contribution in [0, 0.1) is 0 Å². The van der Waals surface area contributed by atoms with E-state index in [0.717, 1.165) is 36.6 Å². The predicted molar refractivity (Wildman–Crippen MR) is 118 cm³/mol. The second kappa shape index (κ2) is 10.3. The van der Waals surface area contributed by atoms with Gasteiger partial charge in [-0.15, -0.1) is 11.8 Å².